The number of nitro benzene ring substituents is 1. The van der Waals surface area contributed by atoms with Crippen molar-refractivity contribution in [3.8, 4) is 6.07 Å². The number of hydrogen-bond donors (Lipinski definition) is 2. The molecule has 0 radical (unpaired) electrons. The van der Waals surface area contributed by atoms with Gasteiger partial charge in [-0.05, 0) is 42.5 Å². The van der Waals surface area contributed by atoms with Gasteiger partial charge < -0.3 is 15.8 Å². The van der Waals surface area contributed by atoms with Gasteiger partial charge in [-0.3, -0.25) is 19.7 Å². The molecule has 0 bridgehead atoms. The monoisotopic (exact) mass is 490 g/mol. The summed E-state index contributed by atoms with van der Waals surface area (Å²) in [5.41, 5.74) is 5.90. The first-order valence-corrected chi connectivity index (χ1v) is 11.0. The molecule has 10 nitrogen and oxygen atoms in total. The highest BCUT2D eigenvalue weighted by Gasteiger charge is 2.20. The Kier molecular flexibility index (Phi) is 8.15. The van der Waals surface area contributed by atoms with Crippen molar-refractivity contribution in [3.63, 3.8) is 0 Å². The third-order valence-electron chi connectivity index (χ3n) is 4.67. The zero-order valence-electron chi connectivity index (χ0n) is 18.1. The number of rotatable bonds is 9. The van der Waals surface area contributed by atoms with Crippen molar-refractivity contribution in [2.24, 2.45) is 5.73 Å². The van der Waals surface area contributed by atoms with Gasteiger partial charge in [0.05, 0.1) is 33.4 Å². The van der Waals surface area contributed by atoms with Crippen LogP contribution in [-0.2, 0) is 16.1 Å². The summed E-state index contributed by atoms with van der Waals surface area (Å²) in [4.78, 5) is 47.4. The van der Waals surface area contributed by atoms with E-state index in [2.05, 4.69) is 5.32 Å². The largest absolute Gasteiger partial charge is 0.457 e. The van der Waals surface area contributed by atoms with Crippen LogP contribution in [0.2, 0.25) is 0 Å². The maximum atomic E-state index is 12.7. The van der Waals surface area contributed by atoms with Gasteiger partial charge in [-0.1, -0.05) is 18.2 Å². The summed E-state index contributed by atoms with van der Waals surface area (Å²) in [5.74, 6) is -1.90. The molecule has 0 unspecified atom stereocenters. The van der Waals surface area contributed by atoms with E-state index < -0.39 is 29.1 Å². The van der Waals surface area contributed by atoms with Gasteiger partial charge in [0.25, 0.3) is 5.69 Å². The number of hydrogen-bond acceptors (Lipinski definition) is 8. The molecule has 176 valence electrons. The van der Waals surface area contributed by atoms with Crippen molar-refractivity contribution >= 4 is 40.9 Å². The van der Waals surface area contributed by atoms with Crippen LogP contribution in [0, 0.1) is 21.4 Å². The lowest BCUT2D eigenvalue weighted by Crippen LogP contribution is -2.15. The van der Waals surface area contributed by atoms with Gasteiger partial charge in [-0.2, -0.15) is 5.26 Å². The van der Waals surface area contributed by atoms with Gasteiger partial charge in [-0.25, -0.2) is 4.79 Å². The molecular formula is C24H18N4O6S. The number of carbonyl (C=O) groups excluding carboxylic acids is 3. The molecule has 3 aromatic carbocycles. The first-order chi connectivity index (χ1) is 16.8. The third kappa shape index (κ3) is 6.66. The molecule has 3 N–H and O–H groups in total. The van der Waals surface area contributed by atoms with Gasteiger partial charge in [0.15, 0.2) is 0 Å². The van der Waals surface area contributed by atoms with Gasteiger partial charge in [-0.15, -0.1) is 11.8 Å². The average Bonchev–Trinajstić information content (AvgIpc) is 2.86. The van der Waals surface area contributed by atoms with Crippen LogP contribution in [0.3, 0.4) is 0 Å². The van der Waals surface area contributed by atoms with E-state index in [4.69, 9.17) is 15.7 Å². The highest BCUT2D eigenvalue weighted by Crippen LogP contribution is 2.26. The van der Waals surface area contributed by atoms with Crippen LogP contribution < -0.4 is 11.1 Å². The van der Waals surface area contributed by atoms with E-state index in [1.165, 1.54) is 18.2 Å². The summed E-state index contributed by atoms with van der Waals surface area (Å²) in [6.45, 7) is -0.400. The highest BCUT2D eigenvalue weighted by atomic mass is 32.2. The second-order valence-electron chi connectivity index (χ2n) is 7.07. The molecule has 0 fully saturated rings. The average molecular weight is 490 g/mol. The number of nitrogens with one attached hydrogen (secondary N) is 1. The number of nitriles is 1. The zero-order valence-corrected chi connectivity index (χ0v) is 18.9. The summed E-state index contributed by atoms with van der Waals surface area (Å²) >= 11 is 1.11. The van der Waals surface area contributed by atoms with E-state index in [0.29, 0.717) is 16.1 Å². The van der Waals surface area contributed by atoms with Crippen molar-refractivity contribution < 1.29 is 24.0 Å². The minimum Gasteiger partial charge on any atom is -0.457 e. The van der Waals surface area contributed by atoms with Crippen molar-refractivity contribution in [2.75, 3.05) is 11.1 Å². The molecule has 0 aliphatic heterocycles. The van der Waals surface area contributed by atoms with E-state index >= 15 is 0 Å². The van der Waals surface area contributed by atoms with Crippen LogP contribution in [0.4, 0.5) is 11.4 Å². The van der Waals surface area contributed by atoms with Crippen LogP contribution in [0.15, 0.2) is 71.6 Å². The Bertz CT molecular complexity index is 1350. The molecule has 0 aliphatic carbocycles. The SMILES string of the molecule is N#Cc1cccc(NC(=O)CSc2ccccc2C(=O)OCc2ccc(C(N)=O)cc2[N+](=O)[O-])c1. The number of esters is 1. The van der Waals surface area contributed by atoms with E-state index in [-0.39, 0.29) is 28.4 Å². The van der Waals surface area contributed by atoms with Gasteiger partial charge >= 0.3 is 5.97 Å². The van der Waals surface area contributed by atoms with Crippen LogP contribution >= 0.6 is 11.8 Å². The van der Waals surface area contributed by atoms with Gasteiger partial charge in [0.2, 0.25) is 11.8 Å². The normalized spacial score (nSPS) is 10.1. The minimum atomic E-state index is -0.815. The maximum absolute atomic E-state index is 12.7. The van der Waals surface area contributed by atoms with Crippen molar-refractivity contribution in [2.45, 2.75) is 11.5 Å². The van der Waals surface area contributed by atoms with Gasteiger partial charge in [0, 0.05) is 22.2 Å². The first kappa shape index (κ1) is 24.9. The highest BCUT2D eigenvalue weighted by molar-refractivity contribution is 8.00. The lowest BCUT2D eigenvalue weighted by molar-refractivity contribution is -0.385. The van der Waals surface area contributed by atoms with Gasteiger partial charge in [0.1, 0.15) is 6.61 Å². The number of carbonyl (C=O) groups is 3. The molecule has 35 heavy (non-hydrogen) atoms. The fraction of sp³-hybridized carbons (Fsp3) is 0.0833. The fourth-order valence-electron chi connectivity index (χ4n) is 3.00. The van der Waals surface area contributed by atoms with E-state index in [1.807, 2.05) is 6.07 Å². The van der Waals surface area contributed by atoms with E-state index in [0.717, 1.165) is 17.8 Å². The van der Waals surface area contributed by atoms with E-state index in [1.54, 1.807) is 42.5 Å². The summed E-state index contributed by atoms with van der Waals surface area (Å²) in [6.07, 6.45) is 0. The summed E-state index contributed by atoms with van der Waals surface area (Å²) < 4.78 is 5.27. The maximum Gasteiger partial charge on any atom is 0.339 e. The number of thioether (sulfide) groups is 1. The molecular weight excluding hydrogens is 472 g/mol. The first-order valence-electron chi connectivity index (χ1n) is 10.0. The number of nitrogens with zero attached hydrogens (tertiary/aromatic N) is 2. The molecule has 11 heteroatoms. The van der Waals surface area contributed by atoms with Crippen molar-refractivity contribution in [3.05, 3.63) is 99.1 Å². The van der Waals surface area contributed by atoms with Crippen LogP contribution in [0.25, 0.3) is 0 Å². The Morgan fingerprint density at radius 3 is 2.57 bits per heavy atom. The van der Waals surface area contributed by atoms with Crippen LogP contribution in [0.1, 0.15) is 31.8 Å². The molecule has 0 atom stereocenters. The lowest BCUT2D eigenvalue weighted by Gasteiger charge is -2.10. The van der Waals surface area contributed by atoms with Crippen molar-refractivity contribution in [1.82, 2.24) is 0 Å². The fourth-order valence-corrected chi connectivity index (χ4v) is 3.84. The second-order valence-corrected chi connectivity index (χ2v) is 8.08. The summed E-state index contributed by atoms with van der Waals surface area (Å²) in [6, 6.07) is 18.6. The third-order valence-corrected chi connectivity index (χ3v) is 5.74. The van der Waals surface area contributed by atoms with Crippen LogP contribution in [0.5, 0.6) is 0 Å². The van der Waals surface area contributed by atoms with Crippen molar-refractivity contribution in [1.29, 1.82) is 5.26 Å². The molecule has 3 aromatic rings. The topological polar surface area (TPSA) is 165 Å². The zero-order chi connectivity index (χ0) is 25.4. The van der Waals surface area contributed by atoms with E-state index in [9.17, 15) is 24.5 Å². The standard InChI is InChI=1S/C24H18N4O6S/c25-12-15-4-3-5-18(10-15)27-22(29)14-35-21-7-2-1-6-19(21)24(31)34-13-17-9-8-16(23(26)30)11-20(17)28(32)33/h1-11H,13-14H2,(H2,26,30)(H,27,29). The second kappa shape index (κ2) is 11.4. The Hall–Kier alpha value is -4.69. The molecule has 0 spiro atoms. The number of primary amides is 1. The lowest BCUT2D eigenvalue weighted by atomic mass is 10.1. The molecule has 2 amide bonds. The number of nitro groups is 1. The molecule has 0 saturated heterocycles. The Balaban J connectivity index is 1.66. The molecule has 0 saturated carbocycles. The predicted octanol–water partition coefficient (Wildman–Crippen LogP) is 3.65. The summed E-state index contributed by atoms with van der Waals surface area (Å²) in [5, 5.41) is 23.0. The molecule has 3 rings (SSSR count). The van der Waals surface area contributed by atoms with Crippen LogP contribution in [-0.4, -0.2) is 28.5 Å². The molecule has 0 aromatic heterocycles. The Morgan fingerprint density at radius 1 is 1.09 bits per heavy atom. The predicted molar refractivity (Wildman–Crippen MR) is 128 cm³/mol. The Labute approximate surface area is 203 Å². The number of anilines is 1. The number of amides is 2. The number of nitrogens with two attached hydrogens (primary N) is 1. The summed E-state index contributed by atoms with van der Waals surface area (Å²) in [7, 11) is 0. The Morgan fingerprint density at radius 2 is 1.86 bits per heavy atom. The smallest absolute Gasteiger partial charge is 0.339 e. The molecule has 0 aliphatic rings. The minimum absolute atomic E-state index is 0.0128. The quantitative estimate of drug-likeness (QED) is 0.198. The molecule has 0 heterocycles. The number of ether oxygens (including phenoxy) is 1. The number of benzene rings is 3.